The molecule has 1 saturated carbocycles. The quantitative estimate of drug-likeness (QED) is 0.226. The van der Waals surface area contributed by atoms with Crippen molar-refractivity contribution < 1.29 is 4.74 Å². The van der Waals surface area contributed by atoms with Gasteiger partial charge in [-0.3, -0.25) is 0 Å². The summed E-state index contributed by atoms with van der Waals surface area (Å²) in [7, 11) is 0. The first-order chi connectivity index (χ1) is 17.2. The highest BCUT2D eigenvalue weighted by Crippen LogP contribution is 2.37. The fourth-order valence-electron chi connectivity index (χ4n) is 5.21. The summed E-state index contributed by atoms with van der Waals surface area (Å²) in [6.07, 6.45) is 11.8. The number of hydrogen-bond donors (Lipinski definition) is 0. The number of unbranched alkanes of at least 4 members (excludes halogenated alkanes) is 2. The molecule has 0 radical (unpaired) electrons. The maximum absolute atomic E-state index is 5.83. The van der Waals surface area contributed by atoms with Crippen molar-refractivity contribution in [1.82, 2.24) is 0 Å². The van der Waals surface area contributed by atoms with Crippen LogP contribution in [-0.4, -0.2) is 6.61 Å². The van der Waals surface area contributed by atoms with Crippen molar-refractivity contribution in [1.29, 1.82) is 0 Å². The monoisotopic (exact) mass is 464 g/mol. The number of rotatable bonds is 9. The highest BCUT2D eigenvalue weighted by molar-refractivity contribution is 5.65. The molecule has 182 valence electrons. The first-order valence-electron chi connectivity index (χ1n) is 13.7. The Kier molecular flexibility index (Phi) is 9.47. The van der Waals surface area contributed by atoms with E-state index in [4.69, 9.17) is 4.74 Å². The molecule has 0 unspecified atom stereocenters. The van der Waals surface area contributed by atoms with Gasteiger partial charge in [0.25, 0.3) is 0 Å². The Morgan fingerprint density at radius 1 is 0.657 bits per heavy atom. The zero-order valence-corrected chi connectivity index (χ0v) is 21.6. The maximum Gasteiger partial charge on any atom is 0.119 e. The van der Waals surface area contributed by atoms with Crippen molar-refractivity contribution in [2.24, 2.45) is 5.92 Å². The van der Waals surface area contributed by atoms with E-state index in [1.54, 1.807) is 0 Å². The lowest BCUT2D eigenvalue weighted by Crippen LogP contribution is -2.13. The molecule has 1 aliphatic carbocycles. The normalized spacial score (nSPS) is 17.4. The van der Waals surface area contributed by atoms with Gasteiger partial charge in [-0.25, -0.2) is 0 Å². The van der Waals surface area contributed by atoms with Gasteiger partial charge < -0.3 is 4.74 Å². The topological polar surface area (TPSA) is 9.23 Å². The standard InChI is InChI=1S/C34H40O/c1-3-5-6-26-35-34-24-22-33(23-25-34)32-20-14-29(15-21-32)9-8-28-12-18-31(19-13-28)30-16-10-27(7-4-2)11-17-30/h12-15,18-25,27,30H,3-7,10-11,16-17,26H2,1-2H3/t27-,30-. The summed E-state index contributed by atoms with van der Waals surface area (Å²) in [5.41, 5.74) is 6.03. The lowest BCUT2D eigenvalue weighted by atomic mass is 9.77. The molecule has 4 rings (SSSR count). The van der Waals surface area contributed by atoms with Gasteiger partial charge in [-0.1, -0.05) is 87.8 Å². The summed E-state index contributed by atoms with van der Waals surface area (Å²) in [4.78, 5) is 0. The third-order valence-electron chi connectivity index (χ3n) is 7.37. The van der Waals surface area contributed by atoms with Gasteiger partial charge in [0.1, 0.15) is 5.75 Å². The minimum Gasteiger partial charge on any atom is -0.494 e. The second kappa shape index (κ2) is 13.2. The molecule has 0 saturated heterocycles. The summed E-state index contributed by atoms with van der Waals surface area (Å²) in [5.74, 6) is 9.32. The van der Waals surface area contributed by atoms with E-state index >= 15 is 0 Å². The van der Waals surface area contributed by atoms with E-state index in [0.717, 1.165) is 41.7 Å². The van der Waals surface area contributed by atoms with Crippen LogP contribution in [0.2, 0.25) is 0 Å². The van der Waals surface area contributed by atoms with Crippen LogP contribution in [0.1, 0.15) is 94.2 Å². The SMILES string of the molecule is CCCCCOc1ccc(-c2ccc(C#Cc3ccc([C@H]4CC[C@H](CCC)CC4)cc3)cc2)cc1. The smallest absolute Gasteiger partial charge is 0.119 e. The molecule has 3 aromatic rings. The number of ether oxygens (including phenoxy) is 1. The van der Waals surface area contributed by atoms with Gasteiger partial charge in [0.2, 0.25) is 0 Å². The molecule has 0 amide bonds. The van der Waals surface area contributed by atoms with E-state index in [0.29, 0.717) is 0 Å². The fraction of sp³-hybridized carbons (Fsp3) is 0.412. The minimum absolute atomic E-state index is 0.736. The van der Waals surface area contributed by atoms with Crippen LogP contribution in [0, 0.1) is 17.8 Å². The van der Waals surface area contributed by atoms with E-state index in [2.05, 4.69) is 98.5 Å². The molecular formula is C34H40O. The van der Waals surface area contributed by atoms with Crippen LogP contribution in [-0.2, 0) is 0 Å². The zero-order chi connectivity index (χ0) is 24.3. The highest BCUT2D eigenvalue weighted by atomic mass is 16.5. The van der Waals surface area contributed by atoms with Crippen LogP contribution in [0.25, 0.3) is 11.1 Å². The molecule has 1 nitrogen and oxygen atoms in total. The lowest BCUT2D eigenvalue weighted by molar-refractivity contribution is 0.306. The first kappa shape index (κ1) is 25.1. The molecule has 0 atom stereocenters. The van der Waals surface area contributed by atoms with Crippen LogP contribution in [0.15, 0.2) is 72.8 Å². The Morgan fingerprint density at radius 3 is 1.80 bits per heavy atom. The highest BCUT2D eigenvalue weighted by Gasteiger charge is 2.21. The summed E-state index contributed by atoms with van der Waals surface area (Å²) < 4.78 is 5.83. The Morgan fingerprint density at radius 2 is 1.23 bits per heavy atom. The average molecular weight is 465 g/mol. The third kappa shape index (κ3) is 7.50. The van der Waals surface area contributed by atoms with Gasteiger partial charge in [-0.2, -0.15) is 0 Å². The molecule has 1 aliphatic rings. The summed E-state index contributed by atoms with van der Waals surface area (Å²) >= 11 is 0. The molecule has 0 aliphatic heterocycles. The van der Waals surface area contributed by atoms with E-state index < -0.39 is 0 Å². The molecule has 0 aromatic heterocycles. The molecule has 0 bridgehead atoms. The predicted molar refractivity (Wildman–Crippen MR) is 149 cm³/mol. The summed E-state index contributed by atoms with van der Waals surface area (Å²) in [6, 6.07) is 25.9. The second-order valence-corrected chi connectivity index (χ2v) is 10.0. The van der Waals surface area contributed by atoms with E-state index in [1.165, 1.54) is 68.1 Å². The average Bonchev–Trinajstić information content (AvgIpc) is 2.92. The first-order valence-corrected chi connectivity index (χ1v) is 13.7. The third-order valence-corrected chi connectivity index (χ3v) is 7.37. The van der Waals surface area contributed by atoms with E-state index in [1.807, 2.05) is 0 Å². The van der Waals surface area contributed by atoms with Crippen LogP contribution in [0.5, 0.6) is 5.75 Å². The van der Waals surface area contributed by atoms with Gasteiger partial charge in [0.15, 0.2) is 0 Å². The van der Waals surface area contributed by atoms with Crippen LogP contribution in [0.3, 0.4) is 0 Å². The summed E-state index contributed by atoms with van der Waals surface area (Å²) in [6.45, 7) is 5.32. The fourth-order valence-corrected chi connectivity index (χ4v) is 5.21. The van der Waals surface area contributed by atoms with Gasteiger partial charge >= 0.3 is 0 Å². The molecule has 1 heteroatoms. The Hall–Kier alpha value is -2.98. The van der Waals surface area contributed by atoms with Gasteiger partial charge in [0.05, 0.1) is 6.61 Å². The van der Waals surface area contributed by atoms with Gasteiger partial charge in [0, 0.05) is 11.1 Å². The molecule has 0 heterocycles. The molecule has 0 spiro atoms. The Bertz CT molecular complexity index is 1070. The number of hydrogen-bond acceptors (Lipinski definition) is 1. The van der Waals surface area contributed by atoms with Crippen molar-refractivity contribution in [3.63, 3.8) is 0 Å². The van der Waals surface area contributed by atoms with Crippen LogP contribution >= 0.6 is 0 Å². The minimum atomic E-state index is 0.736. The van der Waals surface area contributed by atoms with Gasteiger partial charge in [-0.05, 0) is 97.0 Å². The van der Waals surface area contributed by atoms with E-state index in [-0.39, 0.29) is 0 Å². The van der Waals surface area contributed by atoms with Crippen molar-refractivity contribution in [3.8, 4) is 28.7 Å². The predicted octanol–water partition coefficient (Wildman–Crippen LogP) is 9.40. The molecule has 3 aromatic carbocycles. The maximum atomic E-state index is 5.83. The molecule has 0 N–H and O–H groups in total. The van der Waals surface area contributed by atoms with Crippen molar-refractivity contribution in [3.05, 3.63) is 89.5 Å². The van der Waals surface area contributed by atoms with E-state index in [9.17, 15) is 0 Å². The number of benzene rings is 3. The molecule has 1 fully saturated rings. The Balaban J connectivity index is 1.31. The Labute approximate surface area is 212 Å². The lowest BCUT2D eigenvalue weighted by Gasteiger charge is -2.28. The molecular weight excluding hydrogens is 424 g/mol. The largest absolute Gasteiger partial charge is 0.494 e. The van der Waals surface area contributed by atoms with Gasteiger partial charge in [-0.15, -0.1) is 0 Å². The van der Waals surface area contributed by atoms with Crippen LogP contribution < -0.4 is 4.74 Å². The zero-order valence-electron chi connectivity index (χ0n) is 21.6. The molecule has 35 heavy (non-hydrogen) atoms. The van der Waals surface area contributed by atoms with Crippen molar-refractivity contribution in [2.45, 2.75) is 77.6 Å². The van der Waals surface area contributed by atoms with Crippen molar-refractivity contribution >= 4 is 0 Å². The van der Waals surface area contributed by atoms with Crippen LogP contribution in [0.4, 0.5) is 0 Å². The summed E-state index contributed by atoms with van der Waals surface area (Å²) in [5, 5.41) is 0. The second-order valence-electron chi connectivity index (χ2n) is 10.0. The van der Waals surface area contributed by atoms with Crippen molar-refractivity contribution in [2.75, 3.05) is 6.61 Å².